The molecule has 19 heavy (non-hydrogen) atoms. The van der Waals surface area contributed by atoms with E-state index in [0.717, 1.165) is 18.5 Å². The fourth-order valence-corrected chi connectivity index (χ4v) is 2.64. The molecule has 3 heteroatoms. The van der Waals surface area contributed by atoms with E-state index in [4.69, 9.17) is 4.74 Å². The quantitative estimate of drug-likeness (QED) is 0.914. The lowest BCUT2D eigenvalue weighted by molar-refractivity contribution is 0.398. The summed E-state index contributed by atoms with van der Waals surface area (Å²) >= 11 is 0. The smallest absolute Gasteiger partial charge is 0.213 e. The highest BCUT2D eigenvalue weighted by Crippen LogP contribution is 2.23. The van der Waals surface area contributed by atoms with Gasteiger partial charge in [0.1, 0.15) is 0 Å². The van der Waals surface area contributed by atoms with E-state index >= 15 is 0 Å². The Labute approximate surface area is 113 Å². The van der Waals surface area contributed by atoms with Crippen LogP contribution in [0.4, 0.5) is 5.69 Å². The summed E-state index contributed by atoms with van der Waals surface area (Å²) in [5, 5.41) is 3.55. The first-order valence-electron chi connectivity index (χ1n) is 6.68. The third-order valence-electron chi connectivity index (χ3n) is 3.66. The molecular weight excluding hydrogens is 236 g/mol. The summed E-state index contributed by atoms with van der Waals surface area (Å²) in [6.45, 7) is 0. The second kappa shape index (κ2) is 5.31. The van der Waals surface area contributed by atoms with Crippen LogP contribution >= 0.6 is 0 Å². The number of rotatable bonds is 3. The molecule has 3 rings (SSSR count). The molecule has 1 N–H and O–H groups in total. The van der Waals surface area contributed by atoms with Crippen molar-refractivity contribution in [3.05, 3.63) is 53.7 Å². The summed E-state index contributed by atoms with van der Waals surface area (Å²) in [6, 6.07) is 13.1. The fourth-order valence-electron chi connectivity index (χ4n) is 2.64. The molecule has 0 spiro atoms. The van der Waals surface area contributed by atoms with Gasteiger partial charge < -0.3 is 10.1 Å². The maximum Gasteiger partial charge on any atom is 0.213 e. The number of pyridine rings is 1. The zero-order valence-corrected chi connectivity index (χ0v) is 11.1. The number of nitrogens with one attached hydrogen (secondary N) is 1. The Morgan fingerprint density at radius 3 is 2.74 bits per heavy atom. The predicted molar refractivity (Wildman–Crippen MR) is 76.7 cm³/mol. The highest BCUT2D eigenvalue weighted by atomic mass is 16.5. The molecular formula is C16H18N2O. The van der Waals surface area contributed by atoms with E-state index in [1.807, 2.05) is 18.3 Å². The molecule has 0 saturated heterocycles. The molecule has 1 aliphatic carbocycles. The summed E-state index contributed by atoms with van der Waals surface area (Å²) in [7, 11) is 1.63. The van der Waals surface area contributed by atoms with Crippen molar-refractivity contribution in [3.8, 4) is 5.88 Å². The number of methoxy groups -OCH3 is 1. The third kappa shape index (κ3) is 2.70. The fraction of sp³-hybridized carbons (Fsp3) is 0.312. The molecule has 0 fully saturated rings. The van der Waals surface area contributed by atoms with E-state index in [0.29, 0.717) is 11.9 Å². The third-order valence-corrected chi connectivity index (χ3v) is 3.66. The Hall–Kier alpha value is -2.03. The molecule has 1 aliphatic rings. The molecule has 0 amide bonds. The number of fused-ring (bicyclic) bond motifs is 1. The topological polar surface area (TPSA) is 34.1 Å². The largest absolute Gasteiger partial charge is 0.481 e. The number of hydrogen-bond donors (Lipinski definition) is 1. The van der Waals surface area contributed by atoms with Crippen molar-refractivity contribution in [2.75, 3.05) is 12.4 Å². The van der Waals surface area contributed by atoms with E-state index in [2.05, 4.69) is 34.6 Å². The molecule has 0 saturated carbocycles. The zero-order chi connectivity index (χ0) is 13.1. The van der Waals surface area contributed by atoms with Gasteiger partial charge in [-0.25, -0.2) is 4.98 Å². The lowest BCUT2D eigenvalue weighted by Crippen LogP contribution is -2.27. The summed E-state index contributed by atoms with van der Waals surface area (Å²) in [4.78, 5) is 4.22. The van der Waals surface area contributed by atoms with Crippen molar-refractivity contribution >= 4 is 5.69 Å². The van der Waals surface area contributed by atoms with E-state index in [-0.39, 0.29) is 0 Å². The van der Waals surface area contributed by atoms with Crippen molar-refractivity contribution in [1.29, 1.82) is 0 Å². The van der Waals surface area contributed by atoms with Gasteiger partial charge in [-0.15, -0.1) is 0 Å². The maximum absolute atomic E-state index is 5.07. The highest BCUT2D eigenvalue weighted by molar-refractivity contribution is 5.44. The van der Waals surface area contributed by atoms with Crippen LogP contribution in [0.2, 0.25) is 0 Å². The number of ether oxygens (including phenoxy) is 1. The molecule has 98 valence electrons. The maximum atomic E-state index is 5.07. The number of hydrogen-bond acceptors (Lipinski definition) is 3. The summed E-state index contributed by atoms with van der Waals surface area (Å²) < 4.78 is 5.07. The molecule has 1 unspecified atom stereocenters. The van der Waals surface area contributed by atoms with Gasteiger partial charge in [0.2, 0.25) is 5.88 Å². The Morgan fingerprint density at radius 2 is 2.00 bits per heavy atom. The Kier molecular flexibility index (Phi) is 3.36. The van der Waals surface area contributed by atoms with Gasteiger partial charge in [0.05, 0.1) is 19.0 Å². The molecule has 1 aromatic heterocycles. The van der Waals surface area contributed by atoms with Crippen LogP contribution in [0, 0.1) is 0 Å². The molecule has 0 aliphatic heterocycles. The summed E-state index contributed by atoms with van der Waals surface area (Å²) in [5.74, 6) is 0.652. The number of benzene rings is 1. The normalized spacial score (nSPS) is 17.6. The number of nitrogens with zero attached hydrogens (tertiary/aromatic N) is 1. The van der Waals surface area contributed by atoms with Gasteiger partial charge in [-0.1, -0.05) is 24.3 Å². The van der Waals surface area contributed by atoms with Gasteiger partial charge >= 0.3 is 0 Å². The van der Waals surface area contributed by atoms with Gasteiger partial charge in [-0.3, -0.25) is 0 Å². The van der Waals surface area contributed by atoms with Crippen molar-refractivity contribution in [2.24, 2.45) is 0 Å². The molecule has 3 nitrogen and oxygen atoms in total. The van der Waals surface area contributed by atoms with Crippen LogP contribution in [0.15, 0.2) is 42.6 Å². The molecule has 1 aromatic carbocycles. The second-order valence-corrected chi connectivity index (χ2v) is 4.94. The van der Waals surface area contributed by atoms with Gasteiger partial charge in [0.15, 0.2) is 0 Å². The number of aromatic nitrogens is 1. The molecule has 1 atom stereocenters. The van der Waals surface area contributed by atoms with Crippen molar-refractivity contribution in [1.82, 2.24) is 4.98 Å². The molecule has 0 bridgehead atoms. The Morgan fingerprint density at radius 1 is 1.16 bits per heavy atom. The monoisotopic (exact) mass is 254 g/mol. The average molecular weight is 254 g/mol. The Bertz CT molecular complexity index is 551. The summed E-state index contributed by atoms with van der Waals surface area (Å²) in [6.07, 6.45) is 5.24. The SMILES string of the molecule is COc1ccc(NC2CCc3ccccc3C2)cn1. The van der Waals surface area contributed by atoms with Gasteiger partial charge in [-0.2, -0.15) is 0 Å². The lowest BCUT2D eigenvalue weighted by Gasteiger charge is -2.26. The lowest BCUT2D eigenvalue weighted by atomic mass is 9.88. The van der Waals surface area contributed by atoms with Gasteiger partial charge in [0, 0.05) is 12.1 Å². The van der Waals surface area contributed by atoms with Crippen LogP contribution in [0.25, 0.3) is 0 Å². The minimum Gasteiger partial charge on any atom is -0.481 e. The first-order valence-corrected chi connectivity index (χ1v) is 6.68. The van der Waals surface area contributed by atoms with Crippen molar-refractivity contribution < 1.29 is 4.74 Å². The Balaban J connectivity index is 1.68. The minimum absolute atomic E-state index is 0.491. The van der Waals surface area contributed by atoms with Gasteiger partial charge in [0.25, 0.3) is 0 Å². The molecule has 1 heterocycles. The van der Waals surface area contributed by atoms with Crippen molar-refractivity contribution in [3.63, 3.8) is 0 Å². The minimum atomic E-state index is 0.491. The van der Waals surface area contributed by atoms with Crippen LogP contribution in [0.3, 0.4) is 0 Å². The number of aryl methyl sites for hydroxylation is 1. The second-order valence-electron chi connectivity index (χ2n) is 4.94. The number of anilines is 1. The van der Waals surface area contributed by atoms with Crippen LogP contribution < -0.4 is 10.1 Å². The van der Waals surface area contributed by atoms with Gasteiger partial charge in [-0.05, 0) is 36.5 Å². The van der Waals surface area contributed by atoms with Crippen LogP contribution in [-0.2, 0) is 12.8 Å². The first kappa shape index (κ1) is 12.0. The van der Waals surface area contributed by atoms with E-state index in [1.54, 1.807) is 7.11 Å². The van der Waals surface area contributed by atoms with Crippen LogP contribution in [-0.4, -0.2) is 18.1 Å². The predicted octanol–water partition coefficient (Wildman–Crippen LogP) is 3.06. The van der Waals surface area contributed by atoms with E-state index in [1.165, 1.54) is 17.5 Å². The highest BCUT2D eigenvalue weighted by Gasteiger charge is 2.17. The van der Waals surface area contributed by atoms with E-state index < -0.39 is 0 Å². The molecule has 0 radical (unpaired) electrons. The zero-order valence-electron chi connectivity index (χ0n) is 11.1. The average Bonchev–Trinajstić information content (AvgIpc) is 2.48. The summed E-state index contributed by atoms with van der Waals surface area (Å²) in [5.41, 5.74) is 4.02. The van der Waals surface area contributed by atoms with Crippen LogP contribution in [0.1, 0.15) is 17.5 Å². The van der Waals surface area contributed by atoms with E-state index in [9.17, 15) is 0 Å². The standard InChI is InChI=1S/C16H18N2O/c1-19-16-9-8-15(11-17-16)18-14-7-6-12-4-2-3-5-13(12)10-14/h2-5,8-9,11,14,18H,6-7,10H2,1H3. The van der Waals surface area contributed by atoms with Crippen LogP contribution in [0.5, 0.6) is 5.88 Å². The van der Waals surface area contributed by atoms with Crippen molar-refractivity contribution in [2.45, 2.75) is 25.3 Å². The first-order chi connectivity index (χ1) is 9.35. The molecule has 2 aromatic rings.